The lowest BCUT2D eigenvalue weighted by molar-refractivity contribution is 0.0702. The van der Waals surface area contributed by atoms with E-state index in [1.165, 1.54) is 11.8 Å². The van der Waals surface area contributed by atoms with Crippen LogP contribution in [-0.2, 0) is 13.5 Å². The molecule has 6 heteroatoms. The lowest BCUT2D eigenvalue weighted by Crippen LogP contribution is -2.32. The summed E-state index contributed by atoms with van der Waals surface area (Å²) in [5.74, 6) is -1.22. The summed E-state index contributed by atoms with van der Waals surface area (Å²) in [5, 5.41) is 11.8. The second kappa shape index (κ2) is 6.58. The Balaban J connectivity index is 1.86. The Morgan fingerprint density at radius 3 is 2.62 bits per heavy atom. The molecule has 21 heavy (non-hydrogen) atoms. The van der Waals surface area contributed by atoms with E-state index in [2.05, 4.69) is 16.0 Å². The number of rotatable bonds is 6. The number of hydrogen-bond acceptors (Lipinski definition) is 3. The van der Waals surface area contributed by atoms with Crippen molar-refractivity contribution in [3.05, 3.63) is 45.9 Å². The number of carboxylic acids is 1. The van der Waals surface area contributed by atoms with Gasteiger partial charge in [-0.1, -0.05) is 0 Å². The molecule has 1 unspecified atom stereocenters. The van der Waals surface area contributed by atoms with Gasteiger partial charge in [-0.15, -0.1) is 11.3 Å². The van der Waals surface area contributed by atoms with Crippen LogP contribution in [0.2, 0.25) is 0 Å². The summed E-state index contributed by atoms with van der Waals surface area (Å²) in [5.41, 5.74) is 1.22. The Labute approximate surface area is 127 Å². The Morgan fingerprint density at radius 2 is 2.05 bits per heavy atom. The molecule has 5 nitrogen and oxygen atoms in total. The first-order valence-electron chi connectivity index (χ1n) is 6.71. The second-order valence-electron chi connectivity index (χ2n) is 4.99. The van der Waals surface area contributed by atoms with E-state index in [0.717, 1.165) is 24.2 Å². The van der Waals surface area contributed by atoms with Crippen LogP contribution in [-0.4, -0.2) is 27.6 Å². The molecule has 2 rings (SSSR count). The number of hydrogen-bond donors (Lipinski definition) is 2. The summed E-state index contributed by atoms with van der Waals surface area (Å²) in [4.78, 5) is 23.4. The van der Waals surface area contributed by atoms with Gasteiger partial charge in [-0.3, -0.25) is 4.79 Å². The van der Waals surface area contributed by atoms with Gasteiger partial charge in [0.1, 0.15) is 4.88 Å². The van der Waals surface area contributed by atoms with Crippen LogP contribution in [0, 0.1) is 0 Å². The molecule has 2 heterocycles. The lowest BCUT2D eigenvalue weighted by Gasteiger charge is -2.13. The smallest absolute Gasteiger partial charge is 0.345 e. The minimum Gasteiger partial charge on any atom is -0.477 e. The van der Waals surface area contributed by atoms with Gasteiger partial charge in [0.15, 0.2) is 0 Å². The number of aromatic nitrogens is 1. The third-order valence-electron chi connectivity index (χ3n) is 3.30. The number of aromatic carboxylic acids is 1. The maximum atomic E-state index is 12.0. The van der Waals surface area contributed by atoms with Crippen molar-refractivity contribution in [3.63, 3.8) is 0 Å². The second-order valence-corrected chi connectivity index (χ2v) is 6.08. The maximum absolute atomic E-state index is 12.0. The first-order chi connectivity index (χ1) is 9.97. The monoisotopic (exact) mass is 306 g/mol. The van der Waals surface area contributed by atoms with Gasteiger partial charge >= 0.3 is 5.97 Å². The fraction of sp³-hybridized carbons (Fsp3) is 0.333. The maximum Gasteiger partial charge on any atom is 0.345 e. The number of carbonyl (C=O) groups is 2. The summed E-state index contributed by atoms with van der Waals surface area (Å²) in [6.07, 6.45) is 3.72. The highest BCUT2D eigenvalue weighted by molar-refractivity contribution is 7.15. The minimum absolute atomic E-state index is 0.0304. The number of nitrogens with one attached hydrogen (secondary N) is 1. The molecular formula is C15H18N2O3S. The highest BCUT2D eigenvalue weighted by Gasteiger charge is 2.15. The van der Waals surface area contributed by atoms with Crippen molar-refractivity contribution in [2.24, 2.45) is 7.05 Å². The van der Waals surface area contributed by atoms with Crippen molar-refractivity contribution < 1.29 is 14.7 Å². The van der Waals surface area contributed by atoms with Crippen molar-refractivity contribution in [3.8, 4) is 0 Å². The van der Waals surface area contributed by atoms with Gasteiger partial charge < -0.3 is 15.0 Å². The zero-order valence-corrected chi connectivity index (χ0v) is 12.8. The van der Waals surface area contributed by atoms with Crippen molar-refractivity contribution in [1.29, 1.82) is 0 Å². The molecule has 0 saturated carbocycles. The van der Waals surface area contributed by atoms with Crippen LogP contribution in [0.25, 0.3) is 0 Å². The van der Waals surface area contributed by atoms with Crippen LogP contribution in [0.15, 0.2) is 30.5 Å². The fourth-order valence-electron chi connectivity index (χ4n) is 2.06. The van der Waals surface area contributed by atoms with E-state index in [0.29, 0.717) is 4.88 Å². The number of aryl methyl sites for hydroxylation is 2. The van der Waals surface area contributed by atoms with Crippen LogP contribution in [0.4, 0.5) is 0 Å². The molecule has 0 aliphatic carbocycles. The third-order valence-corrected chi connectivity index (χ3v) is 4.37. The van der Waals surface area contributed by atoms with Crippen molar-refractivity contribution in [2.45, 2.75) is 25.8 Å². The quantitative estimate of drug-likeness (QED) is 0.861. The van der Waals surface area contributed by atoms with Gasteiger partial charge in [-0.25, -0.2) is 4.79 Å². The number of thiophene rings is 1. The van der Waals surface area contributed by atoms with E-state index in [4.69, 9.17) is 5.11 Å². The van der Waals surface area contributed by atoms with Gasteiger partial charge in [0.05, 0.1) is 4.88 Å². The minimum atomic E-state index is -1.00. The number of nitrogens with zero attached hydrogens (tertiary/aromatic N) is 1. The van der Waals surface area contributed by atoms with E-state index < -0.39 is 5.97 Å². The summed E-state index contributed by atoms with van der Waals surface area (Å²) in [7, 11) is 2.00. The van der Waals surface area contributed by atoms with Crippen LogP contribution in [0.5, 0.6) is 0 Å². The van der Waals surface area contributed by atoms with Crippen LogP contribution >= 0.6 is 11.3 Å². The largest absolute Gasteiger partial charge is 0.477 e. The number of amides is 1. The summed E-state index contributed by atoms with van der Waals surface area (Å²) in [6.45, 7) is 1.95. The Kier molecular flexibility index (Phi) is 4.80. The molecule has 0 bridgehead atoms. The SMILES string of the molecule is CC(CCc1cccn1C)NC(=O)c1ccc(C(=O)O)s1. The highest BCUT2D eigenvalue weighted by atomic mass is 32.1. The Morgan fingerprint density at radius 1 is 1.33 bits per heavy atom. The topological polar surface area (TPSA) is 71.3 Å². The van der Waals surface area contributed by atoms with Crippen LogP contribution in [0.1, 0.15) is 38.4 Å². The molecule has 2 aromatic heterocycles. The molecule has 2 aromatic rings. The lowest BCUT2D eigenvalue weighted by atomic mass is 10.1. The number of carboxylic acid groups (broad SMARTS) is 1. The molecule has 1 amide bonds. The van der Waals surface area contributed by atoms with Crippen molar-refractivity contribution in [2.75, 3.05) is 0 Å². The predicted molar refractivity (Wildman–Crippen MR) is 81.9 cm³/mol. The zero-order chi connectivity index (χ0) is 15.4. The Hall–Kier alpha value is -2.08. The third kappa shape index (κ3) is 3.95. The van der Waals surface area contributed by atoms with E-state index >= 15 is 0 Å². The van der Waals surface area contributed by atoms with Gasteiger partial charge in [0.2, 0.25) is 0 Å². The van der Waals surface area contributed by atoms with Gasteiger partial charge in [0.25, 0.3) is 5.91 Å². The molecule has 0 aliphatic rings. The average molecular weight is 306 g/mol. The van der Waals surface area contributed by atoms with Gasteiger partial charge in [-0.2, -0.15) is 0 Å². The summed E-state index contributed by atoms with van der Waals surface area (Å²) in [6, 6.07) is 7.09. The van der Waals surface area contributed by atoms with E-state index in [-0.39, 0.29) is 16.8 Å². The molecule has 1 atom stereocenters. The van der Waals surface area contributed by atoms with Gasteiger partial charge in [0, 0.05) is 25.0 Å². The molecule has 0 spiro atoms. The molecule has 0 aliphatic heterocycles. The predicted octanol–water partition coefficient (Wildman–Crippen LogP) is 2.54. The van der Waals surface area contributed by atoms with E-state index in [1.807, 2.05) is 26.2 Å². The molecule has 0 fully saturated rings. The standard InChI is InChI=1S/C15H18N2O3S/c1-10(5-6-11-4-3-9-17(11)2)16-14(18)12-7-8-13(21-12)15(19)20/h3-4,7-10H,5-6H2,1-2H3,(H,16,18)(H,19,20). The van der Waals surface area contributed by atoms with Crippen molar-refractivity contribution >= 4 is 23.2 Å². The summed E-state index contributed by atoms with van der Waals surface area (Å²) >= 11 is 0.994. The fourth-order valence-corrected chi connectivity index (χ4v) is 2.81. The first kappa shape index (κ1) is 15.3. The molecule has 112 valence electrons. The number of carbonyl (C=O) groups excluding carboxylic acids is 1. The summed E-state index contributed by atoms with van der Waals surface area (Å²) < 4.78 is 2.06. The molecule has 0 saturated heterocycles. The normalized spacial score (nSPS) is 12.1. The van der Waals surface area contributed by atoms with E-state index in [1.54, 1.807) is 6.07 Å². The zero-order valence-electron chi connectivity index (χ0n) is 12.0. The van der Waals surface area contributed by atoms with E-state index in [9.17, 15) is 9.59 Å². The molecule has 0 radical (unpaired) electrons. The average Bonchev–Trinajstić information content (AvgIpc) is 3.05. The highest BCUT2D eigenvalue weighted by Crippen LogP contribution is 2.16. The Bertz CT molecular complexity index is 645. The van der Waals surface area contributed by atoms with Crippen molar-refractivity contribution in [1.82, 2.24) is 9.88 Å². The van der Waals surface area contributed by atoms with Crippen LogP contribution < -0.4 is 5.32 Å². The van der Waals surface area contributed by atoms with Crippen LogP contribution in [0.3, 0.4) is 0 Å². The first-order valence-corrected chi connectivity index (χ1v) is 7.53. The molecule has 0 aromatic carbocycles. The van der Waals surface area contributed by atoms with Gasteiger partial charge in [-0.05, 0) is 44.0 Å². The molecule has 2 N–H and O–H groups in total. The molecular weight excluding hydrogens is 288 g/mol.